The van der Waals surface area contributed by atoms with Crippen molar-refractivity contribution in [2.45, 2.75) is 23.9 Å². The molecule has 1 atom stereocenters. The topological polar surface area (TPSA) is 98.1 Å². The van der Waals surface area contributed by atoms with E-state index in [0.29, 0.717) is 0 Å². The molecule has 1 saturated heterocycles. The van der Waals surface area contributed by atoms with E-state index >= 15 is 0 Å². The molecule has 1 aromatic heterocycles. The van der Waals surface area contributed by atoms with Crippen LogP contribution in [0, 0.1) is 0 Å². The molecule has 0 amide bonds. The third-order valence-electron chi connectivity index (χ3n) is 2.97. The number of hydrogen-bond acceptors (Lipinski definition) is 5. The fraction of sp³-hybridized carbons (Fsp3) is 0.667. The largest absolute Gasteiger partial charge is 0.324 e. The predicted molar refractivity (Wildman–Crippen MR) is 70.2 cm³/mol. The number of hydrogen-bond donors (Lipinski definition) is 1. The number of nitrogens with zero attached hydrogens (tertiary/aromatic N) is 2. The zero-order valence-electron chi connectivity index (χ0n) is 10.4. The molecule has 19 heavy (non-hydrogen) atoms. The summed E-state index contributed by atoms with van der Waals surface area (Å²) in [6.45, 7) is 1.56. The third-order valence-corrected chi connectivity index (χ3v) is 7.00. The van der Waals surface area contributed by atoms with Crippen molar-refractivity contribution in [3.63, 3.8) is 0 Å². The number of imidazole rings is 1. The summed E-state index contributed by atoms with van der Waals surface area (Å²) < 4.78 is 51.0. The lowest BCUT2D eigenvalue weighted by Gasteiger charge is -2.22. The van der Waals surface area contributed by atoms with Gasteiger partial charge in [0.25, 0.3) is 10.0 Å². The van der Waals surface area contributed by atoms with Gasteiger partial charge in [-0.2, -0.15) is 0 Å². The van der Waals surface area contributed by atoms with Gasteiger partial charge in [-0.15, -0.1) is 0 Å². The molecule has 1 aromatic rings. The van der Waals surface area contributed by atoms with Crippen LogP contribution in [0.2, 0.25) is 5.15 Å². The van der Waals surface area contributed by atoms with Crippen molar-refractivity contribution in [1.82, 2.24) is 14.3 Å². The molecular weight excluding hydrogens is 314 g/mol. The summed E-state index contributed by atoms with van der Waals surface area (Å²) in [6.07, 6.45) is 1.52. The van der Waals surface area contributed by atoms with E-state index < -0.39 is 25.4 Å². The van der Waals surface area contributed by atoms with Gasteiger partial charge in [-0.05, 0) is 13.3 Å². The van der Waals surface area contributed by atoms with E-state index in [0.717, 1.165) is 0 Å². The highest BCUT2D eigenvalue weighted by molar-refractivity contribution is 7.92. The molecule has 1 aliphatic heterocycles. The molecule has 0 bridgehead atoms. The Hall–Kier alpha value is -0.640. The SMILES string of the molecule is Cn1cnc(S(=O)(=O)NC2(C)CCS(=O)(=O)C2)c1Cl. The molecule has 1 N–H and O–H groups in total. The average Bonchev–Trinajstić information content (AvgIpc) is 2.68. The number of aromatic nitrogens is 2. The zero-order chi connectivity index (χ0) is 14.5. The Bertz CT molecular complexity index is 710. The van der Waals surface area contributed by atoms with Gasteiger partial charge in [0.2, 0.25) is 5.03 Å². The fourth-order valence-corrected chi connectivity index (χ4v) is 6.09. The molecule has 0 radical (unpaired) electrons. The maximum absolute atomic E-state index is 12.2. The van der Waals surface area contributed by atoms with Crippen LogP contribution in [0.25, 0.3) is 0 Å². The molecular formula is C9H14ClN3O4S2. The van der Waals surface area contributed by atoms with Crippen LogP contribution in [0.1, 0.15) is 13.3 Å². The van der Waals surface area contributed by atoms with Crippen molar-refractivity contribution >= 4 is 31.5 Å². The molecule has 2 heterocycles. The van der Waals surface area contributed by atoms with Crippen LogP contribution in [0.3, 0.4) is 0 Å². The minimum Gasteiger partial charge on any atom is -0.324 e. The van der Waals surface area contributed by atoms with E-state index in [1.54, 1.807) is 14.0 Å². The van der Waals surface area contributed by atoms with Gasteiger partial charge in [0.1, 0.15) is 5.15 Å². The second kappa shape index (κ2) is 4.44. The number of sulfone groups is 1. The second-order valence-corrected chi connectivity index (χ2v) is 9.10. The minimum absolute atomic E-state index is 0.0167. The number of sulfonamides is 1. The molecule has 1 fully saturated rings. The van der Waals surface area contributed by atoms with Crippen molar-refractivity contribution in [3.8, 4) is 0 Å². The highest BCUT2D eigenvalue weighted by atomic mass is 35.5. The van der Waals surface area contributed by atoms with Crippen molar-refractivity contribution < 1.29 is 16.8 Å². The Morgan fingerprint density at radius 2 is 2.16 bits per heavy atom. The van der Waals surface area contributed by atoms with E-state index in [2.05, 4.69) is 9.71 Å². The number of aryl methyl sites for hydroxylation is 1. The minimum atomic E-state index is -3.94. The van der Waals surface area contributed by atoms with Crippen LogP contribution in [-0.2, 0) is 26.9 Å². The third kappa shape index (κ3) is 2.93. The molecule has 0 saturated carbocycles. The van der Waals surface area contributed by atoms with Crippen LogP contribution in [0.5, 0.6) is 0 Å². The van der Waals surface area contributed by atoms with Crippen LogP contribution < -0.4 is 4.72 Å². The Morgan fingerprint density at radius 1 is 1.53 bits per heavy atom. The van der Waals surface area contributed by atoms with Gasteiger partial charge in [0.05, 0.1) is 17.8 Å². The molecule has 7 nitrogen and oxygen atoms in total. The van der Waals surface area contributed by atoms with Crippen LogP contribution in [-0.4, -0.2) is 43.4 Å². The summed E-state index contributed by atoms with van der Waals surface area (Å²) in [5.74, 6) is -0.244. The van der Waals surface area contributed by atoms with Crippen molar-refractivity contribution in [1.29, 1.82) is 0 Å². The smallest absolute Gasteiger partial charge is 0.261 e. The summed E-state index contributed by atoms with van der Waals surface area (Å²) in [6, 6.07) is 0. The molecule has 0 spiro atoms. The molecule has 108 valence electrons. The zero-order valence-corrected chi connectivity index (χ0v) is 12.8. The Kier molecular flexibility index (Phi) is 3.45. The van der Waals surface area contributed by atoms with Crippen LogP contribution in [0.4, 0.5) is 0 Å². The quantitative estimate of drug-likeness (QED) is 0.838. The molecule has 2 rings (SSSR count). The average molecular weight is 328 g/mol. The normalized spacial score (nSPS) is 26.7. The summed E-state index contributed by atoms with van der Waals surface area (Å²) in [5, 5.41) is -0.306. The fourth-order valence-electron chi connectivity index (χ4n) is 2.04. The lowest BCUT2D eigenvalue weighted by atomic mass is 10.0. The molecule has 0 aliphatic carbocycles. The maximum Gasteiger partial charge on any atom is 0.261 e. The van der Waals surface area contributed by atoms with E-state index in [-0.39, 0.29) is 28.1 Å². The molecule has 10 heteroatoms. The summed E-state index contributed by atoms with van der Waals surface area (Å²) >= 11 is 5.84. The molecule has 0 aromatic carbocycles. The Labute approximate surface area is 116 Å². The Balaban J connectivity index is 2.31. The highest BCUT2D eigenvalue weighted by Gasteiger charge is 2.42. The first-order chi connectivity index (χ1) is 8.55. The van der Waals surface area contributed by atoms with Gasteiger partial charge in [0.15, 0.2) is 9.84 Å². The number of rotatable bonds is 3. The van der Waals surface area contributed by atoms with Gasteiger partial charge in [0, 0.05) is 12.6 Å². The van der Waals surface area contributed by atoms with Gasteiger partial charge in [-0.25, -0.2) is 26.5 Å². The van der Waals surface area contributed by atoms with Crippen molar-refractivity contribution in [2.24, 2.45) is 7.05 Å². The number of halogens is 1. The van der Waals surface area contributed by atoms with Gasteiger partial charge in [-0.3, -0.25) is 0 Å². The van der Waals surface area contributed by atoms with E-state index in [9.17, 15) is 16.8 Å². The molecule has 1 unspecified atom stereocenters. The van der Waals surface area contributed by atoms with Gasteiger partial charge >= 0.3 is 0 Å². The first kappa shape index (κ1) is 14.8. The maximum atomic E-state index is 12.2. The monoisotopic (exact) mass is 327 g/mol. The van der Waals surface area contributed by atoms with E-state index in [1.165, 1.54) is 10.9 Å². The van der Waals surface area contributed by atoms with Crippen molar-refractivity contribution in [3.05, 3.63) is 11.5 Å². The standard InChI is InChI=1S/C9H14ClN3O4S2/c1-9(3-4-18(14,15)5-9)12-19(16,17)8-7(10)13(2)6-11-8/h6,12H,3-5H2,1-2H3. The first-order valence-corrected chi connectivity index (χ1v) is 9.14. The lowest BCUT2D eigenvalue weighted by molar-refractivity contribution is 0.460. The second-order valence-electron chi connectivity index (χ2n) is 4.96. The summed E-state index contributed by atoms with van der Waals surface area (Å²) in [4.78, 5) is 3.73. The first-order valence-electron chi connectivity index (χ1n) is 5.46. The van der Waals surface area contributed by atoms with Crippen LogP contribution >= 0.6 is 11.6 Å². The van der Waals surface area contributed by atoms with Crippen LogP contribution in [0.15, 0.2) is 11.4 Å². The lowest BCUT2D eigenvalue weighted by Crippen LogP contribution is -2.46. The predicted octanol–water partition coefficient (Wildman–Crippen LogP) is -0.0710. The van der Waals surface area contributed by atoms with Gasteiger partial charge < -0.3 is 4.57 Å². The number of nitrogens with one attached hydrogen (secondary N) is 1. The Morgan fingerprint density at radius 3 is 2.58 bits per heavy atom. The van der Waals surface area contributed by atoms with Crippen molar-refractivity contribution in [2.75, 3.05) is 11.5 Å². The van der Waals surface area contributed by atoms with Gasteiger partial charge in [-0.1, -0.05) is 11.6 Å². The summed E-state index contributed by atoms with van der Waals surface area (Å²) in [7, 11) is -5.57. The highest BCUT2D eigenvalue weighted by Crippen LogP contribution is 2.26. The molecule has 1 aliphatic rings. The van der Waals surface area contributed by atoms with E-state index in [4.69, 9.17) is 11.6 Å². The summed E-state index contributed by atoms with van der Waals surface area (Å²) in [5.41, 5.74) is -1.02. The van der Waals surface area contributed by atoms with E-state index in [1.807, 2.05) is 0 Å².